The molecule has 0 aliphatic heterocycles. The third-order valence-corrected chi connectivity index (χ3v) is 5.86. The Morgan fingerprint density at radius 1 is 1.04 bits per heavy atom. The van der Waals surface area contributed by atoms with Crippen molar-refractivity contribution in [3.05, 3.63) is 58.1 Å². The Morgan fingerprint density at radius 2 is 1.78 bits per heavy atom. The monoisotopic (exact) mass is 357 g/mol. The minimum atomic E-state index is -0.244. The minimum absolute atomic E-state index is 0.244. The van der Waals surface area contributed by atoms with Crippen LogP contribution in [-0.4, -0.2) is 10.9 Å². The summed E-state index contributed by atoms with van der Waals surface area (Å²) >= 11 is 0. The van der Waals surface area contributed by atoms with Crippen molar-refractivity contribution < 1.29 is 5.21 Å². The van der Waals surface area contributed by atoms with Gasteiger partial charge in [0.2, 0.25) is 0 Å². The second-order valence-electron chi connectivity index (χ2n) is 7.02. The molecule has 1 aliphatic carbocycles. The molecule has 136 valence electrons. The molecule has 0 aromatic heterocycles. The lowest BCUT2D eigenvalue weighted by Gasteiger charge is -2.30. The largest absolute Gasteiger partial charge is 0.411 e. The normalized spacial score (nSPS) is 14.2. The maximum absolute atomic E-state index is 9.70. The zero-order valence-electron chi connectivity index (χ0n) is 16.0. The Morgan fingerprint density at radius 3 is 2.33 bits per heavy atom. The van der Waals surface area contributed by atoms with Crippen LogP contribution < -0.4 is 0 Å². The predicted octanol–water partition coefficient (Wildman–Crippen LogP) is 5.49. The molecule has 0 atom stereocenters. The second-order valence-corrected chi connectivity index (χ2v) is 7.02. The summed E-state index contributed by atoms with van der Waals surface area (Å²) in [5, 5.41) is 32.1. The highest BCUT2D eigenvalue weighted by Gasteiger charge is 2.42. The average molecular weight is 357 g/mol. The minimum Gasteiger partial charge on any atom is -0.411 e. The predicted molar refractivity (Wildman–Crippen MR) is 106 cm³/mol. The first-order valence-electron chi connectivity index (χ1n) is 9.45. The van der Waals surface area contributed by atoms with Gasteiger partial charge in [0, 0.05) is 11.0 Å². The maximum atomic E-state index is 9.70. The van der Waals surface area contributed by atoms with Crippen molar-refractivity contribution in [3.8, 4) is 23.3 Å². The van der Waals surface area contributed by atoms with E-state index in [2.05, 4.69) is 44.1 Å². The summed E-state index contributed by atoms with van der Waals surface area (Å²) in [4.78, 5) is 0. The fourth-order valence-electron chi connectivity index (χ4n) is 4.45. The van der Waals surface area contributed by atoms with Gasteiger partial charge in [-0.3, -0.25) is 0 Å². The van der Waals surface area contributed by atoms with Crippen LogP contribution >= 0.6 is 0 Å². The van der Waals surface area contributed by atoms with E-state index in [4.69, 9.17) is 0 Å². The van der Waals surface area contributed by atoms with Crippen LogP contribution in [0.4, 0.5) is 0 Å². The Kier molecular flexibility index (Phi) is 5.02. The smallest absolute Gasteiger partial charge is 0.0998 e. The van der Waals surface area contributed by atoms with E-state index in [1.54, 1.807) is 6.07 Å². The van der Waals surface area contributed by atoms with Crippen molar-refractivity contribution in [1.29, 1.82) is 10.5 Å². The van der Waals surface area contributed by atoms with E-state index in [1.807, 2.05) is 18.2 Å². The molecule has 0 heterocycles. The van der Waals surface area contributed by atoms with Gasteiger partial charge in [-0.1, -0.05) is 44.5 Å². The summed E-state index contributed by atoms with van der Waals surface area (Å²) in [5.74, 6) is 0. The lowest BCUT2D eigenvalue weighted by atomic mass is 9.73. The Labute approximate surface area is 160 Å². The van der Waals surface area contributed by atoms with Crippen LogP contribution in [0.5, 0.6) is 0 Å². The van der Waals surface area contributed by atoms with Gasteiger partial charge in [0.05, 0.1) is 29.0 Å². The first kappa shape index (κ1) is 18.7. The number of fused-ring (bicyclic) bond motifs is 3. The zero-order chi connectivity index (χ0) is 19.6. The molecule has 0 saturated carbocycles. The van der Waals surface area contributed by atoms with Gasteiger partial charge in [-0.2, -0.15) is 10.5 Å². The Bertz CT molecular complexity index is 1000. The van der Waals surface area contributed by atoms with Gasteiger partial charge >= 0.3 is 0 Å². The second kappa shape index (κ2) is 7.25. The van der Waals surface area contributed by atoms with E-state index in [9.17, 15) is 15.7 Å². The quantitative estimate of drug-likeness (QED) is 0.436. The first-order chi connectivity index (χ1) is 13.1. The van der Waals surface area contributed by atoms with Crippen molar-refractivity contribution in [3.63, 3.8) is 0 Å². The fourth-order valence-corrected chi connectivity index (χ4v) is 4.45. The van der Waals surface area contributed by atoms with Crippen LogP contribution in [0.25, 0.3) is 11.1 Å². The standard InChI is InChI=1S/C23H23N3O/c1-4-7-21(26-27)16-8-9-18-19(12-16)23(5-2,6-3)20-11-15(13-24)10-17(14-25)22(18)20/h8-12,27H,4-7H2,1-3H3. The number of benzene rings is 2. The third-order valence-electron chi connectivity index (χ3n) is 5.86. The molecule has 0 amide bonds. The van der Waals surface area contributed by atoms with E-state index in [1.165, 1.54) is 0 Å². The number of oxime groups is 1. The highest BCUT2D eigenvalue weighted by atomic mass is 16.4. The average Bonchev–Trinajstić information content (AvgIpc) is 3.00. The van der Waals surface area contributed by atoms with E-state index >= 15 is 0 Å². The molecule has 1 N–H and O–H groups in total. The van der Waals surface area contributed by atoms with E-state index < -0.39 is 0 Å². The van der Waals surface area contributed by atoms with Crippen LogP contribution in [0.3, 0.4) is 0 Å². The van der Waals surface area contributed by atoms with Gasteiger partial charge in [0.1, 0.15) is 0 Å². The maximum Gasteiger partial charge on any atom is 0.0998 e. The van der Waals surface area contributed by atoms with Crippen LogP contribution in [0.15, 0.2) is 35.5 Å². The first-order valence-corrected chi connectivity index (χ1v) is 9.45. The topological polar surface area (TPSA) is 80.2 Å². The molecule has 0 radical (unpaired) electrons. The summed E-state index contributed by atoms with van der Waals surface area (Å²) in [5.41, 5.74) is 6.63. The SMILES string of the molecule is CCCC(=NO)c1ccc2c(c1)C(CC)(CC)c1cc(C#N)cc(C#N)c1-2. The van der Waals surface area contributed by atoms with Crippen LogP contribution in [0, 0.1) is 22.7 Å². The van der Waals surface area contributed by atoms with Crippen LogP contribution in [0.1, 0.15) is 74.3 Å². The molecule has 3 rings (SSSR count). The lowest BCUT2D eigenvalue weighted by molar-refractivity contribution is 0.318. The van der Waals surface area contributed by atoms with Gasteiger partial charge < -0.3 is 5.21 Å². The number of nitrogens with zero attached hydrogens (tertiary/aromatic N) is 3. The van der Waals surface area contributed by atoms with Crippen molar-refractivity contribution in [2.24, 2.45) is 5.16 Å². The number of nitriles is 2. The zero-order valence-corrected chi connectivity index (χ0v) is 16.0. The molecule has 0 spiro atoms. The van der Waals surface area contributed by atoms with Crippen LogP contribution in [-0.2, 0) is 5.41 Å². The summed E-state index contributed by atoms with van der Waals surface area (Å²) < 4.78 is 0. The summed E-state index contributed by atoms with van der Waals surface area (Å²) in [6, 6.07) is 14.2. The Hall–Kier alpha value is -3.11. The number of hydrogen-bond donors (Lipinski definition) is 1. The molecule has 0 unspecified atom stereocenters. The van der Waals surface area contributed by atoms with Gasteiger partial charge in [0.15, 0.2) is 0 Å². The van der Waals surface area contributed by atoms with Gasteiger partial charge in [-0.05, 0) is 59.7 Å². The highest BCUT2D eigenvalue weighted by molar-refractivity contribution is 6.01. The lowest BCUT2D eigenvalue weighted by Crippen LogP contribution is -2.23. The molecule has 4 heteroatoms. The van der Waals surface area contributed by atoms with Crippen molar-refractivity contribution in [2.45, 2.75) is 51.9 Å². The summed E-state index contributed by atoms with van der Waals surface area (Å²) in [7, 11) is 0. The van der Waals surface area contributed by atoms with Crippen molar-refractivity contribution in [2.75, 3.05) is 0 Å². The third kappa shape index (κ3) is 2.69. The molecule has 2 aromatic carbocycles. The molecule has 27 heavy (non-hydrogen) atoms. The molecular weight excluding hydrogens is 334 g/mol. The number of hydrogen-bond acceptors (Lipinski definition) is 4. The van der Waals surface area contributed by atoms with E-state index in [0.717, 1.165) is 47.1 Å². The molecule has 4 nitrogen and oxygen atoms in total. The number of rotatable bonds is 5. The molecule has 0 fully saturated rings. The van der Waals surface area contributed by atoms with E-state index in [-0.39, 0.29) is 5.41 Å². The van der Waals surface area contributed by atoms with Gasteiger partial charge in [-0.15, -0.1) is 0 Å². The molecule has 0 saturated heterocycles. The summed E-state index contributed by atoms with van der Waals surface area (Å²) in [6.45, 7) is 6.35. The molecule has 0 bridgehead atoms. The van der Waals surface area contributed by atoms with Crippen molar-refractivity contribution in [1.82, 2.24) is 0 Å². The highest BCUT2D eigenvalue weighted by Crippen LogP contribution is 2.54. The van der Waals surface area contributed by atoms with Crippen LogP contribution in [0.2, 0.25) is 0 Å². The fraction of sp³-hybridized carbons (Fsp3) is 0.348. The molecule has 1 aliphatic rings. The van der Waals surface area contributed by atoms with Gasteiger partial charge in [0.25, 0.3) is 0 Å². The van der Waals surface area contributed by atoms with E-state index in [0.29, 0.717) is 23.3 Å². The van der Waals surface area contributed by atoms with Crippen molar-refractivity contribution >= 4 is 5.71 Å². The molecular formula is C23H23N3O. The summed E-state index contributed by atoms with van der Waals surface area (Å²) in [6.07, 6.45) is 3.33. The Balaban J connectivity index is 2.34. The molecule has 2 aromatic rings. The van der Waals surface area contributed by atoms with Gasteiger partial charge in [-0.25, -0.2) is 0 Å².